The number of likely N-dealkylation sites (N-methyl/N-ethyl adjacent to an activating group) is 1. The van der Waals surface area contributed by atoms with Crippen LogP contribution in [0.4, 0.5) is 0 Å². The highest BCUT2D eigenvalue weighted by Gasteiger charge is 2.42. The predicted molar refractivity (Wildman–Crippen MR) is 91.4 cm³/mol. The van der Waals surface area contributed by atoms with Gasteiger partial charge in [-0.15, -0.1) is 0 Å². The quantitative estimate of drug-likeness (QED) is 0.910. The van der Waals surface area contributed by atoms with Crippen LogP contribution in [-0.4, -0.2) is 36.8 Å². The molecule has 2 saturated heterocycles. The van der Waals surface area contributed by atoms with Crippen LogP contribution < -0.4 is 5.32 Å². The summed E-state index contributed by atoms with van der Waals surface area (Å²) in [5, 5.41) is 4.36. The number of benzene rings is 1. The lowest BCUT2D eigenvalue weighted by Crippen LogP contribution is -2.47. The van der Waals surface area contributed by atoms with E-state index in [0.717, 1.165) is 18.1 Å². The number of nitrogens with one attached hydrogen (secondary N) is 1. The summed E-state index contributed by atoms with van der Waals surface area (Å²) in [6.45, 7) is 0.921. The van der Waals surface area contributed by atoms with Crippen molar-refractivity contribution in [2.75, 3.05) is 25.2 Å². The molecule has 1 N–H and O–H groups in total. The Morgan fingerprint density at radius 2 is 2.24 bits per heavy atom. The second-order valence-corrected chi connectivity index (χ2v) is 7.85. The predicted octanol–water partition coefficient (Wildman–Crippen LogP) is 3.77. The molecule has 1 aromatic rings. The summed E-state index contributed by atoms with van der Waals surface area (Å²) < 4.78 is 6.15. The fraction of sp³-hybridized carbons (Fsp3) is 0.647. The molecule has 3 atom stereocenters. The van der Waals surface area contributed by atoms with Crippen LogP contribution in [0.3, 0.4) is 0 Å². The Labute approximate surface area is 137 Å². The van der Waals surface area contributed by atoms with Crippen LogP contribution in [0.15, 0.2) is 24.3 Å². The van der Waals surface area contributed by atoms with Crippen molar-refractivity contribution >= 4 is 23.4 Å². The molecule has 2 heterocycles. The molecule has 3 unspecified atom stereocenters. The summed E-state index contributed by atoms with van der Waals surface area (Å²) in [7, 11) is 2.09. The minimum Gasteiger partial charge on any atom is -0.374 e. The Hall–Kier alpha value is -0.220. The lowest BCUT2D eigenvalue weighted by molar-refractivity contribution is -0.0847. The largest absolute Gasteiger partial charge is 0.374 e. The fourth-order valence-corrected chi connectivity index (χ4v) is 5.16. The zero-order valence-electron chi connectivity index (χ0n) is 12.6. The molecule has 0 aromatic heterocycles. The van der Waals surface area contributed by atoms with E-state index in [9.17, 15) is 0 Å². The van der Waals surface area contributed by atoms with Crippen LogP contribution in [0.25, 0.3) is 0 Å². The molecular weight excluding hydrogens is 302 g/mol. The van der Waals surface area contributed by atoms with Crippen LogP contribution in [0.2, 0.25) is 5.02 Å². The van der Waals surface area contributed by atoms with Gasteiger partial charge in [-0.1, -0.05) is 23.7 Å². The van der Waals surface area contributed by atoms with Gasteiger partial charge in [0.05, 0.1) is 5.60 Å². The van der Waals surface area contributed by atoms with Crippen molar-refractivity contribution in [2.24, 2.45) is 5.92 Å². The first-order valence-corrected chi connectivity index (χ1v) is 9.37. The zero-order chi connectivity index (χ0) is 14.7. The molecule has 0 bridgehead atoms. The van der Waals surface area contributed by atoms with E-state index in [4.69, 9.17) is 16.3 Å². The summed E-state index contributed by atoms with van der Waals surface area (Å²) in [6.07, 6.45) is 4.68. The number of rotatable bonds is 4. The second kappa shape index (κ2) is 6.91. The first kappa shape index (κ1) is 15.7. The Balaban J connectivity index is 1.66. The highest BCUT2D eigenvalue weighted by Crippen LogP contribution is 2.41. The lowest BCUT2D eigenvalue weighted by atomic mass is 9.79. The molecule has 0 saturated carbocycles. The molecule has 2 aliphatic heterocycles. The molecule has 2 nitrogen and oxygen atoms in total. The molecule has 0 amide bonds. The molecule has 2 aliphatic rings. The molecular formula is C17H24ClNOS. The van der Waals surface area contributed by atoms with Gasteiger partial charge in [0.2, 0.25) is 0 Å². The van der Waals surface area contributed by atoms with Gasteiger partial charge in [-0.25, -0.2) is 0 Å². The minimum atomic E-state index is 0.169. The zero-order valence-corrected chi connectivity index (χ0v) is 14.2. The van der Waals surface area contributed by atoms with Crippen LogP contribution >= 0.6 is 23.4 Å². The fourth-order valence-electron chi connectivity index (χ4n) is 3.65. The van der Waals surface area contributed by atoms with Crippen molar-refractivity contribution in [1.29, 1.82) is 0 Å². The number of halogens is 1. The molecule has 21 heavy (non-hydrogen) atoms. The maximum atomic E-state index is 6.15. The van der Waals surface area contributed by atoms with Crippen molar-refractivity contribution in [3.05, 3.63) is 34.9 Å². The highest BCUT2D eigenvalue weighted by molar-refractivity contribution is 7.99. The van der Waals surface area contributed by atoms with E-state index < -0.39 is 0 Å². The first-order chi connectivity index (χ1) is 10.2. The van der Waals surface area contributed by atoms with E-state index in [1.54, 1.807) is 0 Å². The van der Waals surface area contributed by atoms with Gasteiger partial charge in [0.1, 0.15) is 0 Å². The third-order valence-corrected chi connectivity index (χ3v) is 6.38. The molecule has 116 valence electrons. The molecule has 1 aromatic carbocycles. The normalized spacial score (nSPS) is 30.7. The molecule has 0 radical (unpaired) electrons. The molecule has 3 rings (SSSR count). The Morgan fingerprint density at radius 1 is 1.43 bits per heavy atom. The number of ether oxygens (including phenoxy) is 1. The summed E-state index contributed by atoms with van der Waals surface area (Å²) in [5.41, 5.74) is 1.53. The van der Waals surface area contributed by atoms with Crippen LogP contribution in [0, 0.1) is 5.92 Å². The standard InChI is InChI=1S/C17H24ClNOS/c1-19-16(10-13-2-4-15(18)5-3-13)14-6-8-20-17(11-14)7-9-21-12-17/h2-5,14,16,19H,6-12H2,1H3. The smallest absolute Gasteiger partial charge is 0.0783 e. The molecule has 2 fully saturated rings. The number of thioether (sulfide) groups is 1. The van der Waals surface area contributed by atoms with E-state index in [2.05, 4.69) is 24.5 Å². The molecule has 0 aliphatic carbocycles. The first-order valence-electron chi connectivity index (χ1n) is 7.84. The van der Waals surface area contributed by atoms with Crippen LogP contribution in [0.1, 0.15) is 24.8 Å². The SMILES string of the molecule is CNC(Cc1ccc(Cl)cc1)C1CCOC2(CCSC2)C1. The van der Waals surface area contributed by atoms with E-state index in [-0.39, 0.29) is 5.60 Å². The molecule has 4 heteroatoms. The van der Waals surface area contributed by atoms with Gasteiger partial charge in [-0.05, 0) is 62.1 Å². The summed E-state index contributed by atoms with van der Waals surface area (Å²) in [4.78, 5) is 0. The third kappa shape index (κ3) is 3.76. The van der Waals surface area contributed by atoms with Crippen molar-refractivity contribution in [2.45, 2.75) is 37.3 Å². The number of hydrogen-bond donors (Lipinski definition) is 1. The Bertz CT molecular complexity index is 458. The van der Waals surface area contributed by atoms with Crippen LogP contribution in [-0.2, 0) is 11.2 Å². The maximum absolute atomic E-state index is 6.15. The van der Waals surface area contributed by atoms with E-state index in [1.165, 1.54) is 36.3 Å². The van der Waals surface area contributed by atoms with Crippen LogP contribution in [0.5, 0.6) is 0 Å². The van der Waals surface area contributed by atoms with Crippen molar-refractivity contribution < 1.29 is 4.74 Å². The third-order valence-electron chi connectivity index (χ3n) is 4.91. The van der Waals surface area contributed by atoms with Crippen molar-refractivity contribution in [3.8, 4) is 0 Å². The molecule has 1 spiro atoms. The van der Waals surface area contributed by atoms with Gasteiger partial charge >= 0.3 is 0 Å². The Kier molecular flexibility index (Phi) is 5.15. The summed E-state index contributed by atoms with van der Waals surface area (Å²) in [6, 6.07) is 8.80. The van der Waals surface area contributed by atoms with E-state index >= 15 is 0 Å². The van der Waals surface area contributed by atoms with Crippen molar-refractivity contribution in [3.63, 3.8) is 0 Å². The topological polar surface area (TPSA) is 21.3 Å². The summed E-state index contributed by atoms with van der Waals surface area (Å²) in [5.74, 6) is 3.15. The van der Waals surface area contributed by atoms with Gasteiger partial charge in [0.25, 0.3) is 0 Å². The number of hydrogen-bond acceptors (Lipinski definition) is 3. The lowest BCUT2D eigenvalue weighted by Gasteiger charge is -2.41. The Morgan fingerprint density at radius 3 is 2.90 bits per heavy atom. The van der Waals surface area contributed by atoms with Gasteiger partial charge in [-0.3, -0.25) is 0 Å². The van der Waals surface area contributed by atoms with Gasteiger partial charge in [0.15, 0.2) is 0 Å². The van der Waals surface area contributed by atoms with E-state index in [0.29, 0.717) is 12.0 Å². The summed E-state index contributed by atoms with van der Waals surface area (Å²) >= 11 is 8.02. The highest BCUT2D eigenvalue weighted by atomic mass is 35.5. The monoisotopic (exact) mass is 325 g/mol. The minimum absolute atomic E-state index is 0.169. The van der Waals surface area contributed by atoms with E-state index in [1.807, 2.05) is 23.9 Å². The maximum Gasteiger partial charge on any atom is 0.0783 e. The van der Waals surface area contributed by atoms with Gasteiger partial charge in [-0.2, -0.15) is 11.8 Å². The average molecular weight is 326 g/mol. The van der Waals surface area contributed by atoms with Crippen molar-refractivity contribution in [1.82, 2.24) is 5.32 Å². The van der Waals surface area contributed by atoms with Gasteiger partial charge < -0.3 is 10.1 Å². The second-order valence-electron chi connectivity index (χ2n) is 6.31. The van der Waals surface area contributed by atoms with Gasteiger partial charge in [0, 0.05) is 23.4 Å². The average Bonchev–Trinajstić information content (AvgIpc) is 2.94.